The van der Waals surface area contributed by atoms with Crippen LogP contribution in [0.5, 0.6) is 11.5 Å². The first kappa shape index (κ1) is 14.6. The Morgan fingerprint density at radius 3 is 2.24 bits per heavy atom. The molecule has 2 aromatic carbocycles. The number of nitro benzene ring substituents is 1. The molecular formula is C13H9F3N2O3. The quantitative estimate of drug-likeness (QED) is 0.528. The van der Waals surface area contributed by atoms with Gasteiger partial charge >= 0.3 is 6.18 Å². The number of halogens is 3. The normalized spacial score (nSPS) is 11.2. The maximum Gasteiger partial charge on any atom is 0.420 e. The highest BCUT2D eigenvalue weighted by Gasteiger charge is 2.34. The molecule has 0 aliphatic heterocycles. The fourth-order valence-electron chi connectivity index (χ4n) is 1.62. The molecule has 0 unspecified atom stereocenters. The maximum atomic E-state index is 12.9. The second-order valence-electron chi connectivity index (χ2n) is 4.11. The molecule has 21 heavy (non-hydrogen) atoms. The predicted octanol–water partition coefficient (Wildman–Crippen LogP) is 3.99. The van der Waals surface area contributed by atoms with E-state index in [2.05, 4.69) is 0 Å². The number of nitrogens with zero attached hydrogens (tertiary/aromatic N) is 1. The summed E-state index contributed by atoms with van der Waals surface area (Å²) in [6.45, 7) is 0. The second-order valence-corrected chi connectivity index (χ2v) is 4.11. The number of nitro groups is 1. The van der Waals surface area contributed by atoms with Gasteiger partial charge in [-0.2, -0.15) is 13.2 Å². The van der Waals surface area contributed by atoms with Crippen molar-refractivity contribution in [3.05, 3.63) is 58.1 Å². The Kier molecular flexibility index (Phi) is 3.70. The van der Waals surface area contributed by atoms with Crippen LogP contribution in [0.3, 0.4) is 0 Å². The lowest BCUT2D eigenvalue weighted by Crippen LogP contribution is -2.08. The molecular weight excluding hydrogens is 289 g/mol. The molecule has 0 heterocycles. The lowest BCUT2D eigenvalue weighted by molar-refractivity contribution is -0.384. The number of nitrogens with two attached hydrogens (primary N) is 1. The number of alkyl halides is 3. The van der Waals surface area contributed by atoms with Crippen molar-refractivity contribution < 1.29 is 22.8 Å². The molecule has 0 radical (unpaired) electrons. The monoisotopic (exact) mass is 298 g/mol. The summed E-state index contributed by atoms with van der Waals surface area (Å²) in [4.78, 5) is 9.88. The summed E-state index contributed by atoms with van der Waals surface area (Å²) in [6, 6.07) is 7.85. The third kappa shape index (κ3) is 3.41. The highest BCUT2D eigenvalue weighted by atomic mass is 19.4. The first-order valence-electron chi connectivity index (χ1n) is 5.66. The van der Waals surface area contributed by atoms with Crippen LogP contribution in [0.1, 0.15) is 5.56 Å². The number of hydrogen-bond donors (Lipinski definition) is 1. The summed E-state index contributed by atoms with van der Waals surface area (Å²) in [7, 11) is 0. The third-order valence-electron chi connectivity index (χ3n) is 2.58. The molecule has 5 nitrogen and oxygen atoms in total. The second kappa shape index (κ2) is 5.31. The first-order chi connectivity index (χ1) is 9.77. The number of rotatable bonds is 3. The van der Waals surface area contributed by atoms with E-state index in [0.29, 0.717) is 0 Å². The van der Waals surface area contributed by atoms with Gasteiger partial charge in [0.2, 0.25) is 0 Å². The van der Waals surface area contributed by atoms with Crippen molar-refractivity contribution in [2.24, 2.45) is 0 Å². The fraction of sp³-hybridized carbons (Fsp3) is 0.0769. The van der Waals surface area contributed by atoms with Gasteiger partial charge in [0.25, 0.3) is 5.69 Å². The predicted molar refractivity (Wildman–Crippen MR) is 69.0 cm³/mol. The number of anilines is 1. The fourth-order valence-corrected chi connectivity index (χ4v) is 1.62. The van der Waals surface area contributed by atoms with Crippen LogP contribution in [-0.4, -0.2) is 4.92 Å². The first-order valence-corrected chi connectivity index (χ1v) is 5.66. The maximum absolute atomic E-state index is 12.9. The molecule has 0 atom stereocenters. The van der Waals surface area contributed by atoms with Crippen molar-refractivity contribution in [1.82, 2.24) is 0 Å². The molecule has 0 bridgehead atoms. The van der Waals surface area contributed by atoms with E-state index in [1.165, 1.54) is 18.2 Å². The molecule has 0 amide bonds. The zero-order valence-corrected chi connectivity index (χ0v) is 10.4. The molecule has 0 fully saturated rings. The van der Waals surface area contributed by atoms with Crippen molar-refractivity contribution >= 4 is 11.4 Å². The van der Waals surface area contributed by atoms with Gasteiger partial charge in [-0.3, -0.25) is 10.1 Å². The lowest BCUT2D eigenvalue weighted by atomic mass is 10.1. The van der Waals surface area contributed by atoms with Gasteiger partial charge in [-0.05, 0) is 30.3 Å². The average Bonchev–Trinajstić information content (AvgIpc) is 2.40. The zero-order valence-electron chi connectivity index (χ0n) is 10.4. The summed E-state index contributed by atoms with van der Waals surface area (Å²) in [5.41, 5.74) is 4.10. The standard InChI is InChI=1S/C13H9F3N2O3/c14-13(15,16)11-7-8(17)1-6-12(11)21-10-4-2-9(3-5-10)18(19)20/h1-7H,17H2. The molecule has 0 aromatic heterocycles. The van der Waals surface area contributed by atoms with Gasteiger partial charge in [0.1, 0.15) is 17.1 Å². The van der Waals surface area contributed by atoms with Gasteiger partial charge in [-0.15, -0.1) is 0 Å². The Bertz CT molecular complexity index is 669. The van der Waals surface area contributed by atoms with E-state index in [9.17, 15) is 23.3 Å². The largest absolute Gasteiger partial charge is 0.457 e. The average molecular weight is 298 g/mol. The topological polar surface area (TPSA) is 78.4 Å². The Hall–Kier alpha value is -2.77. The van der Waals surface area contributed by atoms with Crippen LogP contribution < -0.4 is 10.5 Å². The van der Waals surface area contributed by atoms with Crippen LogP contribution in [0, 0.1) is 10.1 Å². The molecule has 2 N–H and O–H groups in total. The van der Waals surface area contributed by atoms with Gasteiger partial charge in [0, 0.05) is 17.8 Å². The van der Waals surface area contributed by atoms with Crippen LogP contribution in [0.4, 0.5) is 24.5 Å². The van der Waals surface area contributed by atoms with Gasteiger partial charge in [0.15, 0.2) is 0 Å². The Labute approximate surface area is 116 Å². The van der Waals surface area contributed by atoms with Crippen molar-refractivity contribution in [1.29, 1.82) is 0 Å². The van der Waals surface area contributed by atoms with Gasteiger partial charge in [-0.1, -0.05) is 0 Å². The minimum Gasteiger partial charge on any atom is -0.457 e. The van der Waals surface area contributed by atoms with Gasteiger partial charge in [0.05, 0.1) is 4.92 Å². The van der Waals surface area contributed by atoms with Crippen LogP contribution >= 0.6 is 0 Å². The minimum absolute atomic E-state index is 0.0432. The van der Waals surface area contributed by atoms with Crippen molar-refractivity contribution in [3.63, 3.8) is 0 Å². The Balaban J connectivity index is 2.33. The highest BCUT2D eigenvalue weighted by molar-refractivity contribution is 5.50. The summed E-state index contributed by atoms with van der Waals surface area (Å²) >= 11 is 0. The summed E-state index contributed by atoms with van der Waals surface area (Å²) < 4.78 is 43.8. The van der Waals surface area contributed by atoms with E-state index in [4.69, 9.17) is 10.5 Å². The molecule has 110 valence electrons. The van der Waals surface area contributed by atoms with E-state index >= 15 is 0 Å². The van der Waals surface area contributed by atoms with Gasteiger partial charge in [-0.25, -0.2) is 0 Å². The van der Waals surface area contributed by atoms with E-state index in [1.807, 2.05) is 0 Å². The van der Waals surface area contributed by atoms with Crippen LogP contribution in [-0.2, 0) is 6.18 Å². The number of nitrogen functional groups attached to an aromatic ring is 1. The Morgan fingerprint density at radius 1 is 1.10 bits per heavy atom. The molecule has 0 aliphatic rings. The van der Waals surface area contributed by atoms with Crippen molar-refractivity contribution in [2.45, 2.75) is 6.18 Å². The number of non-ortho nitro benzene ring substituents is 1. The van der Waals surface area contributed by atoms with E-state index in [0.717, 1.165) is 24.3 Å². The van der Waals surface area contributed by atoms with Crippen LogP contribution in [0.2, 0.25) is 0 Å². The van der Waals surface area contributed by atoms with E-state index in [1.54, 1.807) is 0 Å². The Morgan fingerprint density at radius 2 is 1.71 bits per heavy atom. The van der Waals surface area contributed by atoms with Crippen molar-refractivity contribution in [3.8, 4) is 11.5 Å². The molecule has 0 saturated heterocycles. The summed E-state index contributed by atoms with van der Waals surface area (Å²) in [5.74, 6) is -0.374. The van der Waals surface area contributed by atoms with E-state index < -0.39 is 22.4 Å². The number of hydrogen-bond acceptors (Lipinski definition) is 4. The highest BCUT2D eigenvalue weighted by Crippen LogP contribution is 2.39. The molecule has 2 rings (SSSR count). The number of benzene rings is 2. The molecule has 2 aromatic rings. The van der Waals surface area contributed by atoms with E-state index in [-0.39, 0.29) is 17.1 Å². The molecule has 0 spiro atoms. The van der Waals surface area contributed by atoms with Gasteiger partial charge < -0.3 is 10.5 Å². The van der Waals surface area contributed by atoms with Crippen LogP contribution in [0.25, 0.3) is 0 Å². The number of ether oxygens (including phenoxy) is 1. The van der Waals surface area contributed by atoms with Crippen LogP contribution in [0.15, 0.2) is 42.5 Å². The smallest absolute Gasteiger partial charge is 0.420 e. The zero-order chi connectivity index (χ0) is 15.6. The summed E-state index contributed by atoms with van der Waals surface area (Å²) in [6.07, 6.45) is -4.62. The van der Waals surface area contributed by atoms with Crippen molar-refractivity contribution in [2.75, 3.05) is 5.73 Å². The molecule has 0 saturated carbocycles. The molecule has 0 aliphatic carbocycles. The minimum atomic E-state index is -4.62. The summed E-state index contributed by atoms with van der Waals surface area (Å²) in [5, 5.41) is 10.5. The SMILES string of the molecule is Nc1ccc(Oc2ccc([N+](=O)[O-])cc2)c(C(F)(F)F)c1. The third-order valence-corrected chi connectivity index (χ3v) is 2.58. The lowest BCUT2D eigenvalue weighted by Gasteiger charge is -2.14. The molecule has 8 heteroatoms.